The molecular weight excluding hydrogens is 404 g/mol. The molecule has 2 aromatic heterocycles. The van der Waals surface area contributed by atoms with Crippen LogP contribution < -0.4 is 5.32 Å². The maximum absolute atomic E-state index is 12.4. The first-order chi connectivity index (χ1) is 13.9. The van der Waals surface area contributed by atoms with E-state index in [9.17, 15) is 14.9 Å². The molecular formula is C21H18N4O2S2. The first-order valence-corrected chi connectivity index (χ1v) is 10.6. The molecule has 0 spiro atoms. The van der Waals surface area contributed by atoms with Crippen LogP contribution in [0.4, 0.5) is 5.00 Å². The van der Waals surface area contributed by atoms with Gasteiger partial charge in [0, 0.05) is 11.3 Å². The van der Waals surface area contributed by atoms with E-state index in [1.165, 1.54) is 18.7 Å². The smallest absolute Gasteiger partial charge is 0.235 e. The minimum absolute atomic E-state index is 0.0922. The van der Waals surface area contributed by atoms with Gasteiger partial charge in [-0.25, -0.2) is 9.97 Å². The van der Waals surface area contributed by atoms with E-state index in [1.807, 2.05) is 43.3 Å². The van der Waals surface area contributed by atoms with E-state index in [2.05, 4.69) is 21.4 Å². The molecule has 2 heterocycles. The highest BCUT2D eigenvalue weighted by Gasteiger charge is 2.19. The molecule has 0 aliphatic carbocycles. The average Bonchev–Trinajstić information content (AvgIpc) is 3.02. The maximum Gasteiger partial charge on any atom is 0.235 e. The average molecular weight is 423 g/mol. The zero-order valence-electron chi connectivity index (χ0n) is 16.1. The van der Waals surface area contributed by atoms with E-state index in [0.29, 0.717) is 26.2 Å². The third kappa shape index (κ3) is 4.88. The van der Waals surface area contributed by atoms with Crippen molar-refractivity contribution in [1.29, 1.82) is 5.26 Å². The summed E-state index contributed by atoms with van der Waals surface area (Å²) in [5, 5.41) is 13.0. The van der Waals surface area contributed by atoms with Crippen LogP contribution in [0.25, 0.3) is 11.3 Å². The molecule has 6 nitrogen and oxygen atoms in total. The van der Waals surface area contributed by atoms with Crippen LogP contribution in [0, 0.1) is 25.2 Å². The summed E-state index contributed by atoms with van der Waals surface area (Å²) in [5.41, 5.74) is 3.52. The van der Waals surface area contributed by atoms with Gasteiger partial charge in [0.2, 0.25) is 5.91 Å². The summed E-state index contributed by atoms with van der Waals surface area (Å²) in [6, 6.07) is 13.7. The molecule has 1 amide bonds. The first kappa shape index (κ1) is 20.7. The molecule has 8 heteroatoms. The summed E-state index contributed by atoms with van der Waals surface area (Å²) in [7, 11) is 0. The third-order valence-electron chi connectivity index (χ3n) is 4.07. The number of hydrogen-bond donors (Lipinski definition) is 1. The number of nitriles is 1. The Hall–Kier alpha value is -3.02. The molecule has 0 bridgehead atoms. The van der Waals surface area contributed by atoms with E-state index in [1.54, 1.807) is 6.92 Å². The van der Waals surface area contributed by atoms with Crippen molar-refractivity contribution in [3.05, 3.63) is 58.1 Å². The van der Waals surface area contributed by atoms with E-state index in [4.69, 9.17) is 0 Å². The molecule has 0 saturated heterocycles. The van der Waals surface area contributed by atoms with Crippen LogP contribution >= 0.6 is 23.1 Å². The Balaban J connectivity index is 1.72. The Morgan fingerprint density at radius 2 is 1.93 bits per heavy atom. The van der Waals surface area contributed by atoms with Crippen molar-refractivity contribution in [2.24, 2.45) is 0 Å². The normalized spacial score (nSPS) is 10.4. The number of Topliss-reactive ketones (excluding diaryl/α,β-unsaturated/α-hetero) is 1. The van der Waals surface area contributed by atoms with Crippen molar-refractivity contribution in [2.75, 3.05) is 11.1 Å². The van der Waals surface area contributed by atoms with Crippen LogP contribution in [0.3, 0.4) is 0 Å². The van der Waals surface area contributed by atoms with Crippen LogP contribution in [0.1, 0.15) is 33.4 Å². The third-order valence-corrected chi connectivity index (χ3v) is 6.22. The van der Waals surface area contributed by atoms with Crippen LogP contribution in [0.5, 0.6) is 0 Å². The molecule has 0 aliphatic rings. The standard InChI is InChI=1S/C21H18N4O2S2/c1-12-9-17(15-7-5-4-6-8-15)24-21(23-12)28-11-18(27)25-20-16(10-22)13(2)19(29-20)14(3)26/h4-9H,11H2,1-3H3,(H,25,27). The topological polar surface area (TPSA) is 95.7 Å². The molecule has 0 aliphatic heterocycles. The summed E-state index contributed by atoms with van der Waals surface area (Å²) in [6.45, 7) is 5.04. The summed E-state index contributed by atoms with van der Waals surface area (Å²) >= 11 is 2.35. The molecule has 0 fully saturated rings. The van der Waals surface area contributed by atoms with Crippen LogP contribution in [0.2, 0.25) is 0 Å². The zero-order valence-corrected chi connectivity index (χ0v) is 17.8. The van der Waals surface area contributed by atoms with Gasteiger partial charge in [0.25, 0.3) is 0 Å². The van der Waals surface area contributed by atoms with Gasteiger partial charge in [-0.2, -0.15) is 5.26 Å². The van der Waals surface area contributed by atoms with Crippen LogP contribution in [0.15, 0.2) is 41.6 Å². The molecule has 1 N–H and O–H groups in total. The van der Waals surface area contributed by atoms with Crippen LogP contribution in [-0.2, 0) is 4.79 Å². The highest BCUT2D eigenvalue weighted by atomic mass is 32.2. The number of carbonyl (C=O) groups is 2. The SMILES string of the molecule is CC(=O)c1sc(NC(=O)CSc2nc(C)cc(-c3ccccc3)n2)c(C#N)c1C. The van der Waals surface area contributed by atoms with E-state index < -0.39 is 0 Å². The predicted molar refractivity (Wildman–Crippen MR) is 115 cm³/mol. The fraction of sp³-hybridized carbons (Fsp3) is 0.190. The maximum atomic E-state index is 12.4. The number of ketones is 1. The highest BCUT2D eigenvalue weighted by molar-refractivity contribution is 7.99. The van der Waals surface area contributed by atoms with Gasteiger partial charge < -0.3 is 5.32 Å². The van der Waals surface area contributed by atoms with Crippen molar-refractivity contribution >= 4 is 39.8 Å². The van der Waals surface area contributed by atoms with Gasteiger partial charge in [0.15, 0.2) is 10.9 Å². The van der Waals surface area contributed by atoms with Crippen molar-refractivity contribution in [2.45, 2.75) is 25.9 Å². The van der Waals surface area contributed by atoms with Gasteiger partial charge in [0.1, 0.15) is 11.1 Å². The second-order valence-corrected chi connectivity index (χ2v) is 8.27. The number of anilines is 1. The number of thioether (sulfide) groups is 1. The number of rotatable bonds is 6. The molecule has 1 aromatic carbocycles. The second kappa shape index (κ2) is 8.99. The quantitative estimate of drug-likeness (QED) is 0.354. The molecule has 0 unspecified atom stereocenters. The zero-order chi connectivity index (χ0) is 21.0. The van der Waals surface area contributed by atoms with Crippen molar-refractivity contribution < 1.29 is 9.59 Å². The van der Waals surface area contributed by atoms with Gasteiger partial charge in [-0.05, 0) is 32.4 Å². The number of nitrogens with one attached hydrogen (secondary N) is 1. The lowest BCUT2D eigenvalue weighted by Gasteiger charge is -2.06. The predicted octanol–water partition coefficient (Wildman–Crippen LogP) is 4.63. The van der Waals surface area contributed by atoms with Gasteiger partial charge in [-0.1, -0.05) is 42.1 Å². The lowest BCUT2D eigenvalue weighted by Crippen LogP contribution is -2.14. The summed E-state index contributed by atoms with van der Waals surface area (Å²) in [6.07, 6.45) is 0. The van der Waals surface area contributed by atoms with Gasteiger partial charge in [-0.15, -0.1) is 11.3 Å². The number of benzene rings is 1. The molecule has 0 saturated carbocycles. The molecule has 0 radical (unpaired) electrons. The number of amides is 1. The number of aryl methyl sites for hydroxylation is 1. The number of hydrogen-bond acceptors (Lipinski definition) is 7. The Bertz CT molecular complexity index is 1120. The minimum Gasteiger partial charge on any atom is -0.316 e. The summed E-state index contributed by atoms with van der Waals surface area (Å²) in [4.78, 5) is 33.5. The van der Waals surface area contributed by atoms with Gasteiger partial charge in [0.05, 0.1) is 21.9 Å². The van der Waals surface area contributed by atoms with Crippen molar-refractivity contribution in [1.82, 2.24) is 9.97 Å². The minimum atomic E-state index is -0.283. The lowest BCUT2D eigenvalue weighted by molar-refractivity contribution is -0.113. The van der Waals surface area contributed by atoms with Crippen LogP contribution in [-0.4, -0.2) is 27.4 Å². The van der Waals surface area contributed by atoms with E-state index in [0.717, 1.165) is 28.3 Å². The Kier molecular flexibility index (Phi) is 6.42. The molecule has 3 aromatic rings. The summed E-state index contributed by atoms with van der Waals surface area (Å²) in [5.74, 6) is -0.316. The monoisotopic (exact) mass is 422 g/mol. The highest BCUT2D eigenvalue weighted by Crippen LogP contribution is 2.33. The number of nitrogens with zero attached hydrogens (tertiary/aromatic N) is 3. The van der Waals surface area contributed by atoms with Gasteiger partial charge >= 0.3 is 0 Å². The first-order valence-electron chi connectivity index (χ1n) is 8.77. The fourth-order valence-corrected chi connectivity index (χ4v) is 4.50. The lowest BCUT2D eigenvalue weighted by atomic mass is 10.1. The Labute approximate surface area is 177 Å². The van der Waals surface area contributed by atoms with E-state index in [-0.39, 0.29) is 17.4 Å². The fourth-order valence-electron chi connectivity index (χ4n) is 2.73. The Morgan fingerprint density at radius 1 is 1.21 bits per heavy atom. The molecule has 0 atom stereocenters. The number of thiophene rings is 1. The van der Waals surface area contributed by atoms with Crippen molar-refractivity contribution in [3.63, 3.8) is 0 Å². The number of carbonyl (C=O) groups excluding carboxylic acids is 2. The van der Waals surface area contributed by atoms with E-state index >= 15 is 0 Å². The molecule has 29 heavy (non-hydrogen) atoms. The number of aromatic nitrogens is 2. The molecule has 146 valence electrons. The largest absolute Gasteiger partial charge is 0.316 e. The summed E-state index contributed by atoms with van der Waals surface area (Å²) < 4.78 is 0. The molecule has 3 rings (SSSR count). The van der Waals surface area contributed by atoms with Crippen molar-refractivity contribution in [3.8, 4) is 17.3 Å². The second-order valence-electron chi connectivity index (χ2n) is 6.31. The Morgan fingerprint density at radius 3 is 2.59 bits per heavy atom. The van der Waals surface area contributed by atoms with Gasteiger partial charge in [-0.3, -0.25) is 9.59 Å².